The number of alkyl halides is 3. The Kier molecular flexibility index (Phi) is 6.61. The van der Waals surface area contributed by atoms with E-state index in [9.17, 15) is 27.6 Å². The van der Waals surface area contributed by atoms with E-state index in [4.69, 9.17) is 0 Å². The number of imide groups is 1. The van der Waals surface area contributed by atoms with Crippen LogP contribution in [0.3, 0.4) is 0 Å². The van der Waals surface area contributed by atoms with E-state index in [1.807, 2.05) is 0 Å². The third kappa shape index (κ3) is 4.84. The van der Waals surface area contributed by atoms with Gasteiger partial charge >= 0.3 is 6.18 Å². The monoisotopic (exact) mass is 533 g/mol. The van der Waals surface area contributed by atoms with Crippen molar-refractivity contribution in [3.63, 3.8) is 0 Å². The maximum atomic E-state index is 13.7. The summed E-state index contributed by atoms with van der Waals surface area (Å²) in [6.45, 7) is -0.0815. The summed E-state index contributed by atoms with van der Waals surface area (Å²) in [6.07, 6.45) is -4.69. The van der Waals surface area contributed by atoms with E-state index in [1.165, 1.54) is 22.8 Å². The van der Waals surface area contributed by atoms with Gasteiger partial charge in [0, 0.05) is 11.1 Å². The number of rotatable bonds is 7. The molecule has 3 aromatic carbocycles. The number of carbonyl (C=O) groups is 3. The first-order valence-electron chi connectivity index (χ1n) is 11.9. The molecule has 11 heteroatoms. The summed E-state index contributed by atoms with van der Waals surface area (Å²) >= 11 is 0. The Balaban J connectivity index is 1.66. The standard InChI is InChI=1S/C28H22F3N5O3/c1-34(2)15-23-32-33-24(16-35-26(38)19-10-6-7-11-20(19)27(35)39)36(23)22-13-12-18(28(29,30)31)14-21(22)25(37)17-8-4-3-5-9-17/h3-14H,15-16H2,1-2H3. The van der Waals surface area contributed by atoms with Gasteiger partial charge in [-0.1, -0.05) is 42.5 Å². The zero-order valence-electron chi connectivity index (χ0n) is 20.9. The summed E-state index contributed by atoms with van der Waals surface area (Å²) in [5.41, 5.74) is -0.422. The number of fused-ring (bicyclic) bond motifs is 1. The van der Waals surface area contributed by atoms with Crippen molar-refractivity contribution in [3.8, 4) is 5.69 Å². The van der Waals surface area contributed by atoms with Crippen LogP contribution in [0.4, 0.5) is 13.2 Å². The van der Waals surface area contributed by atoms with Crippen molar-refractivity contribution in [1.29, 1.82) is 0 Å². The number of carbonyl (C=O) groups excluding carboxylic acids is 3. The van der Waals surface area contributed by atoms with Crippen molar-refractivity contribution < 1.29 is 27.6 Å². The quantitative estimate of drug-likeness (QED) is 0.259. The summed E-state index contributed by atoms with van der Waals surface area (Å²) in [4.78, 5) is 42.4. The van der Waals surface area contributed by atoms with Gasteiger partial charge in [-0.25, -0.2) is 0 Å². The summed E-state index contributed by atoms with van der Waals surface area (Å²) in [6, 6.07) is 17.2. The van der Waals surface area contributed by atoms with Crippen molar-refractivity contribution in [2.45, 2.75) is 19.3 Å². The lowest BCUT2D eigenvalue weighted by atomic mass is 9.99. The maximum Gasteiger partial charge on any atom is 0.416 e. The van der Waals surface area contributed by atoms with Crippen molar-refractivity contribution in [2.75, 3.05) is 14.1 Å². The Hall–Kier alpha value is -4.64. The van der Waals surface area contributed by atoms with Gasteiger partial charge in [0.05, 0.1) is 35.5 Å². The number of hydrogen-bond acceptors (Lipinski definition) is 6. The van der Waals surface area contributed by atoms with Gasteiger partial charge in [-0.2, -0.15) is 13.2 Å². The predicted octanol–water partition coefficient (Wildman–Crippen LogP) is 4.37. The highest BCUT2D eigenvalue weighted by atomic mass is 19.4. The minimum absolute atomic E-state index is 0.102. The lowest BCUT2D eigenvalue weighted by Crippen LogP contribution is -2.31. The summed E-state index contributed by atoms with van der Waals surface area (Å²) in [5, 5.41) is 8.40. The van der Waals surface area contributed by atoms with Crippen molar-refractivity contribution in [1.82, 2.24) is 24.6 Å². The van der Waals surface area contributed by atoms with Crippen LogP contribution in [0, 0.1) is 0 Å². The molecule has 8 nitrogen and oxygen atoms in total. The van der Waals surface area contributed by atoms with E-state index in [-0.39, 0.29) is 46.9 Å². The molecule has 1 aromatic heterocycles. The third-order valence-electron chi connectivity index (χ3n) is 6.28. The van der Waals surface area contributed by atoms with Gasteiger partial charge in [-0.3, -0.25) is 23.9 Å². The highest BCUT2D eigenvalue weighted by Crippen LogP contribution is 2.33. The highest BCUT2D eigenvalue weighted by molar-refractivity contribution is 6.21. The van der Waals surface area contributed by atoms with Crippen LogP contribution in [0.2, 0.25) is 0 Å². The molecule has 0 N–H and O–H groups in total. The molecule has 0 spiro atoms. The number of nitrogens with zero attached hydrogens (tertiary/aromatic N) is 5. The maximum absolute atomic E-state index is 13.7. The normalized spacial score (nSPS) is 13.3. The summed E-state index contributed by atoms with van der Waals surface area (Å²) in [7, 11) is 3.54. The zero-order valence-corrected chi connectivity index (χ0v) is 20.9. The Labute approximate surface area is 221 Å². The molecule has 0 unspecified atom stereocenters. The number of halogens is 3. The molecule has 0 atom stereocenters. The molecule has 2 heterocycles. The molecule has 0 saturated carbocycles. The van der Waals surface area contributed by atoms with Crippen LogP contribution in [-0.2, 0) is 19.3 Å². The first kappa shape index (κ1) is 26.0. The lowest BCUT2D eigenvalue weighted by molar-refractivity contribution is -0.137. The topological polar surface area (TPSA) is 88.4 Å². The van der Waals surface area contributed by atoms with Crippen molar-refractivity contribution >= 4 is 17.6 Å². The van der Waals surface area contributed by atoms with Crippen molar-refractivity contribution in [2.24, 2.45) is 0 Å². The molecule has 0 radical (unpaired) electrons. The van der Waals surface area contributed by atoms with Crippen LogP contribution in [-0.4, -0.2) is 56.3 Å². The Morgan fingerprint density at radius 3 is 2.03 bits per heavy atom. The molecule has 1 aliphatic rings. The van der Waals surface area contributed by atoms with Crippen molar-refractivity contribution in [3.05, 3.63) is 112 Å². The van der Waals surface area contributed by atoms with Gasteiger partial charge in [0.15, 0.2) is 17.4 Å². The fraction of sp³-hybridized carbons (Fsp3) is 0.179. The van der Waals surface area contributed by atoms with Crippen LogP contribution in [0.1, 0.15) is 53.8 Å². The summed E-state index contributed by atoms with van der Waals surface area (Å²) < 4.78 is 42.5. The molecule has 2 amide bonds. The molecule has 1 aliphatic heterocycles. The molecule has 0 fully saturated rings. The Bertz CT molecular complexity index is 1560. The number of ketones is 1. The summed E-state index contributed by atoms with van der Waals surface area (Å²) in [5.74, 6) is -1.25. The molecule has 39 heavy (non-hydrogen) atoms. The first-order valence-corrected chi connectivity index (χ1v) is 11.9. The lowest BCUT2D eigenvalue weighted by Gasteiger charge is -2.20. The minimum Gasteiger partial charge on any atom is -0.302 e. The second-order valence-electron chi connectivity index (χ2n) is 9.27. The second kappa shape index (κ2) is 9.91. The van der Waals surface area contributed by atoms with Crippen LogP contribution in [0.25, 0.3) is 5.69 Å². The Morgan fingerprint density at radius 1 is 0.846 bits per heavy atom. The van der Waals surface area contributed by atoms with E-state index < -0.39 is 29.3 Å². The molecule has 4 aromatic rings. The van der Waals surface area contributed by atoms with Crippen LogP contribution >= 0.6 is 0 Å². The largest absolute Gasteiger partial charge is 0.416 e. The van der Waals surface area contributed by atoms with Crippen LogP contribution in [0.5, 0.6) is 0 Å². The second-order valence-corrected chi connectivity index (χ2v) is 9.27. The van der Waals surface area contributed by atoms with E-state index in [0.717, 1.165) is 17.0 Å². The molecular formula is C28H22F3N5O3. The van der Waals surface area contributed by atoms with Gasteiger partial charge < -0.3 is 4.90 Å². The van der Waals surface area contributed by atoms with Crippen LogP contribution in [0.15, 0.2) is 72.8 Å². The van der Waals surface area contributed by atoms with E-state index in [0.29, 0.717) is 5.82 Å². The highest BCUT2D eigenvalue weighted by Gasteiger charge is 2.37. The molecule has 0 bridgehead atoms. The third-order valence-corrected chi connectivity index (χ3v) is 6.28. The van der Waals surface area contributed by atoms with E-state index >= 15 is 0 Å². The van der Waals surface area contributed by atoms with Gasteiger partial charge in [0.2, 0.25) is 0 Å². The molecule has 5 rings (SSSR count). The average molecular weight is 534 g/mol. The first-order chi connectivity index (χ1) is 18.6. The van der Waals surface area contributed by atoms with Gasteiger partial charge in [0.25, 0.3) is 11.8 Å². The number of amides is 2. The van der Waals surface area contributed by atoms with E-state index in [1.54, 1.807) is 61.5 Å². The predicted molar refractivity (Wildman–Crippen MR) is 134 cm³/mol. The fourth-order valence-electron chi connectivity index (χ4n) is 4.48. The zero-order chi connectivity index (χ0) is 27.9. The van der Waals surface area contributed by atoms with Gasteiger partial charge in [-0.05, 0) is 44.4 Å². The smallest absolute Gasteiger partial charge is 0.302 e. The van der Waals surface area contributed by atoms with E-state index in [2.05, 4.69) is 10.2 Å². The number of aromatic nitrogens is 3. The Morgan fingerprint density at radius 2 is 1.44 bits per heavy atom. The number of benzene rings is 3. The number of hydrogen-bond donors (Lipinski definition) is 0. The molecule has 0 aliphatic carbocycles. The SMILES string of the molecule is CN(C)Cc1nnc(CN2C(=O)c3ccccc3C2=O)n1-c1ccc(C(F)(F)F)cc1C(=O)c1ccccc1. The fourth-order valence-corrected chi connectivity index (χ4v) is 4.48. The minimum atomic E-state index is -4.69. The van der Waals surface area contributed by atoms with Gasteiger partial charge in [-0.15, -0.1) is 10.2 Å². The average Bonchev–Trinajstić information content (AvgIpc) is 3.41. The van der Waals surface area contributed by atoms with Gasteiger partial charge in [0.1, 0.15) is 0 Å². The molecular weight excluding hydrogens is 511 g/mol. The molecule has 198 valence electrons. The van der Waals surface area contributed by atoms with Crippen LogP contribution < -0.4 is 0 Å². The molecule has 0 saturated heterocycles.